The van der Waals surface area contributed by atoms with E-state index in [0.717, 1.165) is 25.7 Å². The molecule has 0 aromatic heterocycles. The molecule has 0 atom stereocenters. The number of unbranched alkanes of at least 4 members (excludes halogenated alkanes) is 40. The minimum absolute atomic E-state index is 0.0265. The van der Waals surface area contributed by atoms with Crippen LogP contribution in [0.4, 0.5) is 0 Å². The number of ether oxygens (including phenoxy) is 1. The first-order chi connectivity index (χ1) is 27.1. The molecule has 0 amide bonds. The van der Waals surface area contributed by atoms with E-state index in [-0.39, 0.29) is 5.97 Å². The van der Waals surface area contributed by atoms with Crippen LogP contribution in [0.15, 0.2) is 0 Å². The molecule has 0 unspecified atom stereocenters. The summed E-state index contributed by atoms with van der Waals surface area (Å²) in [6.45, 7) is 7.48. The Bertz CT molecular complexity index is 707. The van der Waals surface area contributed by atoms with Gasteiger partial charge < -0.3 is 9.84 Å². The summed E-state index contributed by atoms with van der Waals surface area (Å²) in [6.07, 6.45) is 58.8. The number of hydrogen-bond donors (Lipinski definition) is 1. The van der Waals surface area contributed by atoms with Crippen molar-refractivity contribution in [3.63, 3.8) is 0 Å². The first-order valence-corrected chi connectivity index (χ1v) is 25.5. The normalized spacial score (nSPS) is 11.1. The van der Waals surface area contributed by atoms with Crippen LogP contribution < -0.4 is 0 Å². The summed E-state index contributed by atoms with van der Waals surface area (Å²) < 4.78 is 5.42. The zero-order chi connectivity index (χ0) is 40.4. The van der Waals surface area contributed by atoms with Gasteiger partial charge in [0.05, 0.1) is 6.61 Å². The molecule has 0 saturated carbocycles. The lowest BCUT2D eigenvalue weighted by Crippen LogP contribution is -2.05. The van der Waals surface area contributed by atoms with Gasteiger partial charge in [-0.1, -0.05) is 278 Å². The zero-order valence-corrected chi connectivity index (χ0v) is 38.2. The highest BCUT2D eigenvalue weighted by atomic mass is 16.5. The largest absolute Gasteiger partial charge is 0.481 e. The van der Waals surface area contributed by atoms with Crippen molar-refractivity contribution in [2.45, 2.75) is 310 Å². The SMILES string of the molecule is CCCCCCCCCCCCCCCCCC(=O)O.CCCCCCCCCCCCCCCCCC(=O)OCCCCCCCCCCCCCCC. The number of esters is 1. The molecule has 0 bridgehead atoms. The second kappa shape index (κ2) is 52.9. The van der Waals surface area contributed by atoms with Gasteiger partial charge in [0.25, 0.3) is 0 Å². The van der Waals surface area contributed by atoms with Gasteiger partial charge in [0.15, 0.2) is 0 Å². The molecule has 0 heterocycles. The van der Waals surface area contributed by atoms with E-state index in [0.29, 0.717) is 19.4 Å². The van der Waals surface area contributed by atoms with Gasteiger partial charge in [-0.3, -0.25) is 9.59 Å². The maximum absolute atomic E-state index is 11.9. The highest BCUT2D eigenvalue weighted by Gasteiger charge is 2.03. The molecule has 0 rings (SSSR count). The molecule has 0 radical (unpaired) electrons. The number of carbonyl (C=O) groups excluding carboxylic acids is 1. The van der Waals surface area contributed by atoms with Crippen molar-refractivity contribution in [2.24, 2.45) is 0 Å². The van der Waals surface area contributed by atoms with Crippen LogP contribution in [-0.4, -0.2) is 23.7 Å². The topological polar surface area (TPSA) is 63.6 Å². The Labute approximate surface area is 346 Å². The van der Waals surface area contributed by atoms with Gasteiger partial charge in [0.1, 0.15) is 0 Å². The first-order valence-electron chi connectivity index (χ1n) is 25.5. The van der Waals surface area contributed by atoms with Crippen LogP contribution in [0.1, 0.15) is 310 Å². The highest BCUT2D eigenvalue weighted by molar-refractivity contribution is 5.69. The minimum Gasteiger partial charge on any atom is -0.481 e. The van der Waals surface area contributed by atoms with E-state index >= 15 is 0 Å². The second-order valence-electron chi connectivity index (χ2n) is 17.3. The van der Waals surface area contributed by atoms with Crippen molar-refractivity contribution in [1.29, 1.82) is 0 Å². The minimum atomic E-state index is -0.653. The van der Waals surface area contributed by atoms with E-state index < -0.39 is 5.97 Å². The van der Waals surface area contributed by atoms with Gasteiger partial charge in [-0.25, -0.2) is 0 Å². The predicted molar refractivity (Wildman–Crippen MR) is 243 cm³/mol. The third-order valence-electron chi connectivity index (χ3n) is 11.5. The van der Waals surface area contributed by atoms with E-state index in [9.17, 15) is 9.59 Å². The number of rotatable bonds is 46. The van der Waals surface area contributed by atoms with Crippen LogP contribution in [-0.2, 0) is 14.3 Å². The molecule has 0 fully saturated rings. The molecule has 1 N–H and O–H groups in total. The van der Waals surface area contributed by atoms with Gasteiger partial charge in [0, 0.05) is 12.8 Å². The number of hydrogen-bond acceptors (Lipinski definition) is 3. The summed E-state index contributed by atoms with van der Waals surface area (Å²) in [7, 11) is 0. The van der Waals surface area contributed by atoms with Gasteiger partial charge in [0.2, 0.25) is 0 Å². The lowest BCUT2D eigenvalue weighted by atomic mass is 10.0. The van der Waals surface area contributed by atoms with Gasteiger partial charge in [-0.05, 0) is 19.3 Å². The Hall–Kier alpha value is -1.06. The molecule has 0 aromatic carbocycles. The van der Waals surface area contributed by atoms with Crippen molar-refractivity contribution in [3.05, 3.63) is 0 Å². The van der Waals surface area contributed by atoms with Crippen LogP contribution in [0, 0.1) is 0 Å². The average molecular weight is 779 g/mol. The van der Waals surface area contributed by atoms with Gasteiger partial charge in [-0.2, -0.15) is 0 Å². The maximum Gasteiger partial charge on any atom is 0.305 e. The fourth-order valence-corrected chi connectivity index (χ4v) is 7.67. The lowest BCUT2D eigenvalue weighted by molar-refractivity contribution is -0.144. The molecule has 4 heteroatoms. The molecule has 330 valence electrons. The number of carboxylic acid groups (broad SMARTS) is 1. The summed E-state index contributed by atoms with van der Waals surface area (Å²) in [5.74, 6) is -0.627. The van der Waals surface area contributed by atoms with E-state index in [1.807, 2.05) is 0 Å². The van der Waals surface area contributed by atoms with E-state index in [1.54, 1.807) is 0 Å². The molecule has 4 nitrogen and oxygen atoms in total. The number of aliphatic carboxylic acids is 1. The monoisotopic (exact) mass is 779 g/mol. The quantitative estimate of drug-likeness (QED) is 0.0494. The van der Waals surface area contributed by atoms with Crippen molar-refractivity contribution in [1.82, 2.24) is 0 Å². The summed E-state index contributed by atoms with van der Waals surface area (Å²) in [4.78, 5) is 22.2. The van der Waals surface area contributed by atoms with Crippen LogP contribution in [0.5, 0.6) is 0 Å². The third-order valence-corrected chi connectivity index (χ3v) is 11.5. The van der Waals surface area contributed by atoms with Crippen molar-refractivity contribution >= 4 is 11.9 Å². The molecule has 0 aromatic rings. The molecule has 0 aliphatic carbocycles. The van der Waals surface area contributed by atoms with Gasteiger partial charge >= 0.3 is 11.9 Å². The predicted octanol–water partition coefficient (Wildman–Crippen LogP) is 18.2. The molecular weight excluding hydrogens is 677 g/mol. The fourth-order valence-electron chi connectivity index (χ4n) is 7.67. The number of carboxylic acids is 1. The molecule has 0 aliphatic rings. The maximum atomic E-state index is 11.9. The van der Waals surface area contributed by atoms with Crippen LogP contribution in [0.25, 0.3) is 0 Å². The smallest absolute Gasteiger partial charge is 0.305 e. The van der Waals surface area contributed by atoms with Gasteiger partial charge in [-0.15, -0.1) is 0 Å². The summed E-state index contributed by atoms with van der Waals surface area (Å²) in [5.41, 5.74) is 0. The van der Waals surface area contributed by atoms with E-state index in [2.05, 4.69) is 20.8 Å². The van der Waals surface area contributed by atoms with Crippen LogP contribution in [0.2, 0.25) is 0 Å². The Balaban J connectivity index is 0. The Morgan fingerprint density at radius 1 is 0.291 bits per heavy atom. The molecule has 0 spiro atoms. The van der Waals surface area contributed by atoms with E-state index in [4.69, 9.17) is 9.84 Å². The summed E-state index contributed by atoms with van der Waals surface area (Å²) in [5, 5.41) is 8.52. The average Bonchev–Trinajstić information content (AvgIpc) is 3.18. The lowest BCUT2D eigenvalue weighted by Gasteiger charge is -2.06. The number of carbonyl (C=O) groups is 2. The van der Waals surface area contributed by atoms with Crippen LogP contribution >= 0.6 is 0 Å². The summed E-state index contributed by atoms with van der Waals surface area (Å²) >= 11 is 0. The molecule has 0 saturated heterocycles. The van der Waals surface area contributed by atoms with Crippen molar-refractivity contribution < 1.29 is 19.4 Å². The fraction of sp³-hybridized carbons (Fsp3) is 0.961. The second-order valence-corrected chi connectivity index (χ2v) is 17.3. The standard InChI is InChI=1S/C33H66O2.C18H36O2/c1-3-5-7-9-11-13-15-17-18-19-21-23-25-27-29-31-33(34)35-32-30-28-26-24-22-20-16-14-12-10-8-6-4-2;1-2-3-4-5-6-7-8-9-10-11-12-13-14-15-16-17-18(19)20/h3-32H2,1-2H3;2-17H2,1H3,(H,19,20). The third kappa shape index (κ3) is 57.4. The van der Waals surface area contributed by atoms with Crippen molar-refractivity contribution in [2.75, 3.05) is 6.61 Å². The Kier molecular flexibility index (Phi) is 53.9. The van der Waals surface area contributed by atoms with Crippen LogP contribution in [0.3, 0.4) is 0 Å². The molecule has 0 aliphatic heterocycles. The summed E-state index contributed by atoms with van der Waals surface area (Å²) in [6, 6.07) is 0. The Morgan fingerprint density at radius 2 is 0.491 bits per heavy atom. The van der Waals surface area contributed by atoms with E-state index in [1.165, 1.54) is 250 Å². The Morgan fingerprint density at radius 3 is 0.727 bits per heavy atom. The first kappa shape index (κ1) is 56.0. The zero-order valence-electron chi connectivity index (χ0n) is 38.2. The van der Waals surface area contributed by atoms with Crippen molar-refractivity contribution in [3.8, 4) is 0 Å². The highest BCUT2D eigenvalue weighted by Crippen LogP contribution is 2.16. The molecule has 55 heavy (non-hydrogen) atoms. The molecular formula is C51H102O4.